The molecule has 2 atom stereocenters. The number of hydrogen-bond acceptors (Lipinski definition) is 3. The van der Waals surface area contributed by atoms with E-state index in [1.165, 1.54) is 25.7 Å². The summed E-state index contributed by atoms with van der Waals surface area (Å²) in [6.45, 7) is 0.926. The third kappa shape index (κ3) is 3.90. The number of benzene rings is 1. The van der Waals surface area contributed by atoms with Gasteiger partial charge in [-0.3, -0.25) is 4.79 Å². The molecule has 0 aromatic heterocycles. The van der Waals surface area contributed by atoms with E-state index in [9.17, 15) is 4.79 Å². The summed E-state index contributed by atoms with van der Waals surface area (Å²) in [4.78, 5) is 14.8. The molecule has 1 aromatic carbocycles. The van der Waals surface area contributed by atoms with Crippen molar-refractivity contribution in [3.63, 3.8) is 0 Å². The van der Waals surface area contributed by atoms with E-state index in [1.807, 2.05) is 24.3 Å². The van der Waals surface area contributed by atoms with Gasteiger partial charge in [0.25, 0.3) is 0 Å². The van der Waals surface area contributed by atoms with Gasteiger partial charge in [0.1, 0.15) is 0 Å². The van der Waals surface area contributed by atoms with Crippen LogP contribution < -0.4 is 5.73 Å². The Bertz CT molecular complexity index is 509. The molecule has 3 nitrogen and oxygen atoms in total. The molecule has 0 bridgehead atoms. The molecule has 2 unspecified atom stereocenters. The highest BCUT2D eigenvalue weighted by Crippen LogP contribution is 2.35. The molecule has 5 heteroatoms. The maximum atomic E-state index is 12.6. The van der Waals surface area contributed by atoms with Gasteiger partial charge >= 0.3 is 0 Å². The number of nitrogen functional groups attached to an aromatic ring is 1. The summed E-state index contributed by atoms with van der Waals surface area (Å²) in [6.07, 6.45) is 6.42. The van der Waals surface area contributed by atoms with Crippen molar-refractivity contribution in [3.8, 4) is 0 Å². The quantitative estimate of drug-likeness (QED) is 0.856. The lowest BCUT2D eigenvalue weighted by Gasteiger charge is -2.43. The van der Waals surface area contributed by atoms with Crippen LogP contribution in [0.15, 0.2) is 24.3 Å². The average molecular weight is 341 g/mol. The minimum absolute atomic E-state index is 0. The second-order valence-electron chi connectivity index (χ2n) is 6.05. The molecule has 0 spiro atoms. The van der Waals surface area contributed by atoms with Gasteiger partial charge in [-0.15, -0.1) is 12.4 Å². The van der Waals surface area contributed by atoms with Crippen LogP contribution in [0.2, 0.25) is 0 Å². The highest BCUT2D eigenvalue weighted by atomic mass is 35.5. The van der Waals surface area contributed by atoms with E-state index in [4.69, 9.17) is 5.73 Å². The number of fused-ring (bicyclic) bond motifs is 1. The lowest BCUT2D eigenvalue weighted by Crippen LogP contribution is -2.51. The van der Waals surface area contributed by atoms with Crippen molar-refractivity contribution in [3.05, 3.63) is 29.8 Å². The molecule has 2 aliphatic rings. The zero-order chi connectivity index (χ0) is 14.7. The first-order chi connectivity index (χ1) is 10.3. The summed E-state index contributed by atoms with van der Waals surface area (Å²) in [6, 6.07) is 8.35. The number of nitrogens with zero attached hydrogens (tertiary/aromatic N) is 1. The number of nitrogens with two attached hydrogens (primary N) is 1. The minimum Gasteiger partial charge on any atom is -0.399 e. The number of para-hydroxylation sites is 1. The van der Waals surface area contributed by atoms with E-state index in [2.05, 4.69) is 16.7 Å². The number of anilines is 1. The summed E-state index contributed by atoms with van der Waals surface area (Å²) < 4.78 is 0. The van der Waals surface area contributed by atoms with E-state index in [0.29, 0.717) is 23.6 Å². The molecule has 1 aliphatic carbocycles. The molecular weight excluding hydrogens is 316 g/mol. The summed E-state index contributed by atoms with van der Waals surface area (Å²) in [5, 5.41) is 0.679. The normalized spacial score (nSPS) is 24.3. The molecule has 1 saturated carbocycles. The topological polar surface area (TPSA) is 46.3 Å². The second kappa shape index (κ2) is 8.11. The van der Waals surface area contributed by atoms with Crippen molar-refractivity contribution in [2.75, 3.05) is 18.0 Å². The van der Waals surface area contributed by atoms with Crippen molar-refractivity contribution >= 4 is 35.8 Å². The number of carbonyl (C=O) groups is 1. The Hall–Kier alpha value is -0.870. The molecule has 1 aromatic rings. The first kappa shape index (κ1) is 17.5. The molecule has 122 valence electrons. The number of amides is 1. The number of aryl methyl sites for hydroxylation is 1. The summed E-state index contributed by atoms with van der Waals surface area (Å²) in [5.74, 6) is 1.41. The fraction of sp³-hybridized carbons (Fsp3) is 0.588. The minimum atomic E-state index is 0. The first-order valence-electron chi connectivity index (χ1n) is 8.00. The second-order valence-corrected chi connectivity index (χ2v) is 7.39. The Morgan fingerprint density at radius 1 is 1.27 bits per heavy atom. The lowest BCUT2D eigenvalue weighted by molar-refractivity contribution is -0.133. The molecule has 2 fully saturated rings. The van der Waals surface area contributed by atoms with Crippen molar-refractivity contribution in [2.45, 2.75) is 49.8 Å². The molecule has 1 heterocycles. The number of hydrogen-bond donors (Lipinski definition) is 1. The zero-order valence-corrected chi connectivity index (χ0v) is 14.5. The predicted molar refractivity (Wildman–Crippen MR) is 96.6 cm³/mol. The Morgan fingerprint density at radius 2 is 2.05 bits per heavy atom. The van der Waals surface area contributed by atoms with Crippen LogP contribution in [0.5, 0.6) is 0 Å². The monoisotopic (exact) mass is 340 g/mol. The van der Waals surface area contributed by atoms with Crippen molar-refractivity contribution in [1.82, 2.24) is 4.90 Å². The van der Waals surface area contributed by atoms with E-state index >= 15 is 0 Å². The molecule has 1 saturated heterocycles. The molecule has 3 rings (SSSR count). The van der Waals surface area contributed by atoms with Gasteiger partial charge in [0.05, 0.1) is 0 Å². The summed E-state index contributed by atoms with van der Waals surface area (Å²) in [5.41, 5.74) is 7.86. The number of halogens is 1. The number of thioether (sulfide) groups is 1. The van der Waals surface area contributed by atoms with Gasteiger partial charge in [-0.05, 0) is 30.9 Å². The average Bonchev–Trinajstić information content (AvgIpc) is 2.53. The third-order valence-electron chi connectivity index (χ3n) is 4.72. The van der Waals surface area contributed by atoms with Crippen LogP contribution in [-0.4, -0.2) is 34.4 Å². The van der Waals surface area contributed by atoms with E-state index < -0.39 is 0 Å². The van der Waals surface area contributed by atoms with Gasteiger partial charge in [0, 0.05) is 35.7 Å². The van der Waals surface area contributed by atoms with Gasteiger partial charge in [0.15, 0.2) is 0 Å². The number of rotatable bonds is 3. The lowest BCUT2D eigenvalue weighted by atomic mass is 9.93. The molecule has 1 aliphatic heterocycles. The summed E-state index contributed by atoms with van der Waals surface area (Å²) >= 11 is 2.07. The van der Waals surface area contributed by atoms with Crippen LogP contribution in [0.3, 0.4) is 0 Å². The smallest absolute Gasteiger partial charge is 0.223 e. The third-order valence-corrected chi connectivity index (χ3v) is 6.11. The van der Waals surface area contributed by atoms with E-state index in [0.717, 1.165) is 30.0 Å². The Balaban J connectivity index is 0.00000176. The first-order valence-corrected chi connectivity index (χ1v) is 9.05. The van der Waals surface area contributed by atoms with Crippen LogP contribution >= 0.6 is 24.2 Å². The number of carbonyl (C=O) groups excluding carboxylic acids is 1. The van der Waals surface area contributed by atoms with Gasteiger partial charge in [-0.1, -0.05) is 31.0 Å². The van der Waals surface area contributed by atoms with Gasteiger partial charge in [-0.2, -0.15) is 11.8 Å². The maximum absolute atomic E-state index is 12.6. The SMILES string of the molecule is Cl.Nc1ccccc1CCC(=O)N1CCSC2CCCCC21. The van der Waals surface area contributed by atoms with Gasteiger partial charge < -0.3 is 10.6 Å². The maximum Gasteiger partial charge on any atom is 0.223 e. The summed E-state index contributed by atoms with van der Waals surface area (Å²) in [7, 11) is 0. The predicted octanol–water partition coefficient (Wildman–Crippen LogP) is 3.51. The van der Waals surface area contributed by atoms with Crippen molar-refractivity contribution in [1.29, 1.82) is 0 Å². The Morgan fingerprint density at radius 3 is 2.86 bits per heavy atom. The molecule has 2 N–H and O–H groups in total. The van der Waals surface area contributed by atoms with Crippen LogP contribution in [0.25, 0.3) is 0 Å². The Labute approximate surface area is 143 Å². The van der Waals surface area contributed by atoms with Crippen LogP contribution in [-0.2, 0) is 11.2 Å². The fourth-order valence-corrected chi connectivity index (χ4v) is 5.00. The zero-order valence-electron chi connectivity index (χ0n) is 12.9. The van der Waals surface area contributed by atoms with Crippen LogP contribution in [0.1, 0.15) is 37.7 Å². The molecular formula is C17H25ClN2OS. The van der Waals surface area contributed by atoms with Gasteiger partial charge in [0.2, 0.25) is 5.91 Å². The Kier molecular flexibility index (Phi) is 6.45. The fourth-order valence-electron chi connectivity index (χ4n) is 3.55. The van der Waals surface area contributed by atoms with Gasteiger partial charge in [-0.25, -0.2) is 0 Å². The largest absolute Gasteiger partial charge is 0.399 e. The molecule has 1 amide bonds. The van der Waals surface area contributed by atoms with E-state index in [1.54, 1.807) is 0 Å². The van der Waals surface area contributed by atoms with Crippen LogP contribution in [0.4, 0.5) is 5.69 Å². The molecule has 0 radical (unpaired) electrons. The molecule has 22 heavy (non-hydrogen) atoms. The standard InChI is InChI=1S/C17H24N2OS.ClH/c18-14-6-2-1-5-13(14)9-10-17(20)19-11-12-21-16-8-4-3-7-15(16)19;/h1-2,5-6,15-16H,3-4,7-12,18H2;1H. The van der Waals surface area contributed by atoms with Crippen molar-refractivity contribution < 1.29 is 4.79 Å². The van der Waals surface area contributed by atoms with Crippen LogP contribution in [0, 0.1) is 0 Å². The highest BCUT2D eigenvalue weighted by Gasteiger charge is 2.35. The van der Waals surface area contributed by atoms with E-state index in [-0.39, 0.29) is 12.4 Å². The van der Waals surface area contributed by atoms with Crippen molar-refractivity contribution in [2.24, 2.45) is 0 Å². The highest BCUT2D eigenvalue weighted by molar-refractivity contribution is 8.00.